The molecule has 1 amide bonds. The minimum absolute atomic E-state index is 0.358. The smallest absolute Gasteiger partial charge is 0.222 e. The topological polar surface area (TPSA) is 49.9 Å². The normalized spacial score (nSPS) is 11.4. The van der Waals surface area contributed by atoms with Gasteiger partial charge in [-0.15, -0.1) is 0 Å². The number of hydrogen-bond donors (Lipinski definition) is 0. The molecule has 5 heteroatoms. The van der Waals surface area contributed by atoms with Crippen molar-refractivity contribution in [1.82, 2.24) is 9.80 Å². The van der Waals surface area contributed by atoms with E-state index in [0.29, 0.717) is 18.9 Å². The lowest BCUT2D eigenvalue weighted by atomic mass is 10.1. The largest absolute Gasteiger partial charge is 0.495 e. The first kappa shape index (κ1) is 49.2. The zero-order valence-corrected chi connectivity index (χ0v) is 33.5. The van der Waals surface area contributed by atoms with Gasteiger partial charge in [0.15, 0.2) is 0 Å². The molecular weight excluding hydrogens is 604 g/mol. The molecule has 0 atom stereocenters. The molecule has 0 spiro atoms. The Morgan fingerprint density at radius 2 is 0.898 bits per heavy atom. The summed E-state index contributed by atoms with van der Waals surface area (Å²) < 4.78 is 5.83. The van der Waals surface area contributed by atoms with Crippen molar-refractivity contribution in [3.63, 3.8) is 0 Å². The Labute approximate surface area is 306 Å². The Morgan fingerprint density at radius 3 is 1.39 bits per heavy atom. The molecule has 0 N–H and O–H groups in total. The molecule has 0 saturated heterocycles. The molecule has 0 unspecified atom stereocenters. The van der Waals surface area contributed by atoms with E-state index in [9.17, 15) is 4.79 Å². The van der Waals surface area contributed by atoms with Gasteiger partial charge in [-0.2, -0.15) is 0 Å². The van der Waals surface area contributed by atoms with E-state index in [0.717, 1.165) is 76.8 Å². The van der Waals surface area contributed by atoms with Gasteiger partial charge in [-0.1, -0.05) is 141 Å². The van der Waals surface area contributed by atoms with E-state index in [1.165, 1.54) is 122 Å². The third-order valence-corrected chi connectivity index (χ3v) is 9.20. The van der Waals surface area contributed by atoms with Crippen LogP contribution in [-0.4, -0.2) is 62.8 Å². The second kappa shape index (κ2) is 42.3. The average molecular weight is 689 g/mol. The van der Waals surface area contributed by atoms with Crippen LogP contribution in [0.1, 0.15) is 194 Å². The number of carbonyl (C=O) groups excluding carboxylic acids is 2. The fourth-order valence-corrected chi connectivity index (χ4v) is 6.04. The summed E-state index contributed by atoms with van der Waals surface area (Å²) in [6.07, 6.45) is 43.9. The quantitative estimate of drug-likeness (QED) is 0.0370. The number of carbonyl (C=O) groups is 2. The third-order valence-electron chi connectivity index (χ3n) is 9.20. The first-order chi connectivity index (χ1) is 24.0. The zero-order chi connectivity index (χ0) is 36.5. The Balaban J connectivity index is 0. The number of nitrogens with zero attached hydrogens (tertiary/aromatic N) is 2. The molecular formula is C44H84N2O3. The van der Waals surface area contributed by atoms with Crippen LogP contribution in [0.25, 0.3) is 0 Å². The summed E-state index contributed by atoms with van der Waals surface area (Å²) >= 11 is 0. The fourth-order valence-electron chi connectivity index (χ4n) is 6.04. The number of allylic oxidation sites excluding steroid dienone is 4. The van der Waals surface area contributed by atoms with Gasteiger partial charge >= 0.3 is 0 Å². The Morgan fingerprint density at radius 1 is 0.510 bits per heavy atom. The van der Waals surface area contributed by atoms with Gasteiger partial charge in [-0.3, -0.25) is 4.79 Å². The first-order valence-corrected chi connectivity index (χ1v) is 20.8. The van der Waals surface area contributed by atoms with Crippen molar-refractivity contribution in [2.24, 2.45) is 0 Å². The van der Waals surface area contributed by atoms with E-state index in [2.05, 4.69) is 68.6 Å². The van der Waals surface area contributed by atoms with E-state index >= 15 is 0 Å². The van der Waals surface area contributed by atoms with Crippen LogP contribution in [0.15, 0.2) is 36.6 Å². The molecule has 288 valence electrons. The molecule has 0 radical (unpaired) electrons. The molecule has 0 aromatic heterocycles. The summed E-state index contributed by atoms with van der Waals surface area (Å²) in [6.45, 7) is 14.2. The molecule has 0 rings (SSSR count). The molecule has 0 aromatic carbocycles. The summed E-state index contributed by atoms with van der Waals surface area (Å²) in [5.74, 6) is 1.25. The van der Waals surface area contributed by atoms with Crippen LogP contribution in [0.3, 0.4) is 0 Å². The van der Waals surface area contributed by atoms with Crippen molar-refractivity contribution in [2.45, 2.75) is 194 Å². The van der Waals surface area contributed by atoms with Gasteiger partial charge in [0.2, 0.25) is 5.91 Å². The summed E-state index contributed by atoms with van der Waals surface area (Å²) in [7, 11) is 4.21. The predicted molar refractivity (Wildman–Crippen MR) is 216 cm³/mol. The van der Waals surface area contributed by atoms with Crippen LogP contribution in [0.2, 0.25) is 0 Å². The van der Waals surface area contributed by atoms with Gasteiger partial charge < -0.3 is 19.3 Å². The Kier molecular flexibility index (Phi) is 42.5. The van der Waals surface area contributed by atoms with Gasteiger partial charge in [0.25, 0.3) is 0 Å². The Bertz CT molecular complexity index is 748. The van der Waals surface area contributed by atoms with E-state index in [4.69, 9.17) is 9.53 Å². The highest BCUT2D eigenvalue weighted by Crippen LogP contribution is 2.14. The minimum Gasteiger partial charge on any atom is -0.495 e. The summed E-state index contributed by atoms with van der Waals surface area (Å²) in [4.78, 5) is 25.5. The van der Waals surface area contributed by atoms with Gasteiger partial charge in [-0.25, -0.2) is 0 Å². The minimum atomic E-state index is 0.358. The van der Waals surface area contributed by atoms with Crippen LogP contribution in [0.5, 0.6) is 0 Å². The Hall–Kier alpha value is -1.88. The summed E-state index contributed by atoms with van der Waals surface area (Å²) in [5, 5.41) is 0. The van der Waals surface area contributed by atoms with Crippen molar-refractivity contribution in [3.05, 3.63) is 36.6 Å². The van der Waals surface area contributed by atoms with Crippen molar-refractivity contribution in [2.75, 3.05) is 40.3 Å². The van der Waals surface area contributed by atoms with Crippen LogP contribution < -0.4 is 0 Å². The standard InChI is InChI=1S/C43H82N2O2.CH2O/c1-6-8-10-12-14-16-17-18-19-20-21-22-23-25-27-32-39-45(43(46)37-31-34-38-44(4)5)40-33-29-30-36-42(3)47-41-35-28-26-24-15-13-11-9-7-2;1-2/h18-19,28,35H,3,6-17,20-27,29-34,36-41H2,1-2,4-5H3;1H2/b19-18-,35-28+;. The first-order valence-electron chi connectivity index (χ1n) is 20.8. The maximum atomic E-state index is 13.1. The summed E-state index contributed by atoms with van der Waals surface area (Å²) in [5.41, 5.74) is 0. The molecule has 0 heterocycles. The van der Waals surface area contributed by atoms with Crippen molar-refractivity contribution >= 4 is 12.7 Å². The number of rotatable bonds is 37. The SMILES string of the molecule is C=C(CCCCCN(CCCCCCCC/C=C\CCCCCCCC)C(=O)CCCCN(C)C)OC/C=C/CCCCCCCC.C=O. The van der Waals surface area contributed by atoms with E-state index < -0.39 is 0 Å². The molecule has 49 heavy (non-hydrogen) atoms. The van der Waals surface area contributed by atoms with E-state index in [1.807, 2.05) is 6.79 Å². The second-order valence-electron chi connectivity index (χ2n) is 14.3. The lowest BCUT2D eigenvalue weighted by Crippen LogP contribution is -2.33. The molecule has 0 aliphatic rings. The maximum Gasteiger partial charge on any atom is 0.222 e. The van der Waals surface area contributed by atoms with Crippen LogP contribution in [-0.2, 0) is 14.3 Å². The van der Waals surface area contributed by atoms with Gasteiger partial charge in [-0.05, 0) is 91.3 Å². The van der Waals surface area contributed by atoms with E-state index in [-0.39, 0.29) is 0 Å². The van der Waals surface area contributed by atoms with Crippen LogP contribution in [0.4, 0.5) is 0 Å². The van der Waals surface area contributed by atoms with Crippen molar-refractivity contribution in [3.8, 4) is 0 Å². The van der Waals surface area contributed by atoms with Crippen molar-refractivity contribution < 1.29 is 14.3 Å². The highest BCUT2D eigenvalue weighted by molar-refractivity contribution is 5.76. The van der Waals surface area contributed by atoms with E-state index in [1.54, 1.807) is 0 Å². The predicted octanol–water partition coefficient (Wildman–Crippen LogP) is 12.8. The number of hydrogen-bond acceptors (Lipinski definition) is 4. The fraction of sp³-hybridized carbons (Fsp3) is 0.818. The molecule has 5 nitrogen and oxygen atoms in total. The molecule has 0 fully saturated rings. The second-order valence-corrected chi connectivity index (χ2v) is 14.3. The lowest BCUT2D eigenvalue weighted by Gasteiger charge is -2.23. The molecule has 0 aliphatic carbocycles. The average Bonchev–Trinajstić information content (AvgIpc) is 3.10. The molecule has 0 bridgehead atoms. The number of amides is 1. The molecule has 0 saturated carbocycles. The molecule has 0 aliphatic heterocycles. The van der Waals surface area contributed by atoms with Gasteiger partial charge in [0.1, 0.15) is 13.4 Å². The monoisotopic (exact) mass is 689 g/mol. The summed E-state index contributed by atoms with van der Waals surface area (Å²) in [6, 6.07) is 0. The highest BCUT2D eigenvalue weighted by atomic mass is 16.5. The van der Waals surface area contributed by atoms with Crippen LogP contribution in [0, 0.1) is 0 Å². The number of ether oxygens (including phenoxy) is 1. The van der Waals surface area contributed by atoms with Crippen LogP contribution >= 0.6 is 0 Å². The lowest BCUT2D eigenvalue weighted by molar-refractivity contribution is -0.131. The highest BCUT2D eigenvalue weighted by Gasteiger charge is 2.13. The van der Waals surface area contributed by atoms with Crippen molar-refractivity contribution in [1.29, 1.82) is 0 Å². The third kappa shape index (κ3) is 40.4. The zero-order valence-electron chi connectivity index (χ0n) is 33.5. The molecule has 0 aromatic rings. The maximum absolute atomic E-state index is 13.1. The van der Waals surface area contributed by atoms with Gasteiger partial charge in [0.05, 0.1) is 5.76 Å². The van der Waals surface area contributed by atoms with Gasteiger partial charge in [0, 0.05) is 25.9 Å². The number of unbranched alkanes of at least 4 members (excludes halogenated alkanes) is 21.